The molecule has 2 rings (SSSR count). The molecule has 0 saturated heterocycles. The SMILES string of the molecule is CC(=O)c1ccccc1OCCN(C)Cc1cnn(C)c1. The first-order chi connectivity index (χ1) is 10.1. The van der Waals surface area contributed by atoms with E-state index in [1.165, 1.54) is 5.56 Å². The number of rotatable bonds is 7. The maximum absolute atomic E-state index is 11.5. The van der Waals surface area contributed by atoms with Crippen LogP contribution in [0.2, 0.25) is 0 Å². The molecule has 0 radical (unpaired) electrons. The van der Waals surface area contributed by atoms with Gasteiger partial charge in [0.05, 0.1) is 11.8 Å². The molecular weight excluding hydrogens is 266 g/mol. The van der Waals surface area contributed by atoms with Gasteiger partial charge in [0.1, 0.15) is 12.4 Å². The van der Waals surface area contributed by atoms with Crippen LogP contribution in [0.3, 0.4) is 0 Å². The van der Waals surface area contributed by atoms with E-state index in [4.69, 9.17) is 4.74 Å². The number of hydrogen-bond acceptors (Lipinski definition) is 4. The van der Waals surface area contributed by atoms with Gasteiger partial charge in [-0.1, -0.05) is 12.1 Å². The quantitative estimate of drug-likeness (QED) is 0.732. The lowest BCUT2D eigenvalue weighted by Crippen LogP contribution is -2.24. The van der Waals surface area contributed by atoms with Crippen LogP contribution < -0.4 is 4.74 Å². The van der Waals surface area contributed by atoms with Crippen LogP contribution in [0.25, 0.3) is 0 Å². The number of carbonyl (C=O) groups is 1. The van der Waals surface area contributed by atoms with Crippen molar-refractivity contribution < 1.29 is 9.53 Å². The number of aryl methyl sites for hydroxylation is 1. The number of para-hydroxylation sites is 1. The third kappa shape index (κ3) is 4.43. The van der Waals surface area contributed by atoms with Crippen LogP contribution in [0.1, 0.15) is 22.8 Å². The van der Waals surface area contributed by atoms with E-state index in [9.17, 15) is 4.79 Å². The summed E-state index contributed by atoms with van der Waals surface area (Å²) >= 11 is 0. The molecule has 5 heteroatoms. The summed E-state index contributed by atoms with van der Waals surface area (Å²) in [7, 11) is 3.94. The molecule has 0 spiro atoms. The lowest BCUT2D eigenvalue weighted by atomic mass is 10.1. The first kappa shape index (κ1) is 15.3. The van der Waals surface area contributed by atoms with E-state index in [0.717, 1.165) is 13.1 Å². The van der Waals surface area contributed by atoms with Crippen LogP contribution in [0.4, 0.5) is 0 Å². The maximum atomic E-state index is 11.5. The Morgan fingerprint density at radius 3 is 2.81 bits per heavy atom. The third-order valence-corrected chi connectivity index (χ3v) is 3.21. The highest BCUT2D eigenvalue weighted by atomic mass is 16.5. The smallest absolute Gasteiger partial charge is 0.163 e. The Morgan fingerprint density at radius 1 is 1.38 bits per heavy atom. The highest BCUT2D eigenvalue weighted by Crippen LogP contribution is 2.18. The van der Waals surface area contributed by atoms with E-state index >= 15 is 0 Å². The largest absolute Gasteiger partial charge is 0.491 e. The molecule has 0 atom stereocenters. The summed E-state index contributed by atoms with van der Waals surface area (Å²) in [6.45, 7) is 3.70. The average molecular weight is 287 g/mol. The molecule has 1 heterocycles. The van der Waals surface area contributed by atoms with Gasteiger partial charge in [0.15, 0.2) is 5.78 Å². The lowest BCUT2D eigenvalue weighted by molar-refractivity contribution is 0.101. The number of aromatic nitrogens is 2. The monoisotopic (exact) mass is 287 g/mol. The molecule has 1 aromatic heterocycles. The van der Waals surface area contributed by atoms with Crippen molar-refractivity contribution in [2.24, 2.45) is 7.05 Å². The van der Waals surface area contributed by atoms with Gasteiger partial charge in [0.25, 0.3) is 0 Å². The third-order valence-electron chi connectivity index (χ3n) is 3.21. The molecule has 0 bridgehead atoms. The number of Topliss-reactive ketones (excluding diaryl/α,β-unsaturated/α-hetero) is 1. The molecule has 5 nitrogen and oxygen atoms in total. The van der Waals surface area contributed by atoms with E-state index in [-0.39, 0.29) is 5.78 Å². The molecule has 21 heavy (non-hydrogen) atoms. The summed E-state index contributed by atoms with van der Waals surface area (Å²) in [6, 6.07) is 7.34. The second kappa shape index (κ2) is 7.04. The molecule has 0 aliphatic carbocycles. The molecule has 0 aliphatic heterocycles. The fourth-order valence-corrected chi connectivity index (χ4v) is 2.14. The number of benzene rings is 1. The van der Waals surface area contributed by atoms with Crippen molar-refractivity contribution in [3.05, 3.63) is 47.8 Å². The van der Waals surface area contributed by atoms with Gasteiger partial charge in [0.2, 0.25) is 0 Å². The number of hydrogen-bond donors (Lipinski definition) is 0. The molecule has 112 valence electrons. The Hall–Kier alpha value is -2.14. The highest BCUT2D eigenvalue weighted by Gasteiger charge is 2.08. The maximum Gasteiger partial charge on any atom is 0.163 e. The van der Waals surface area contributed by atoms with E-state index in [1.807, 2.05) is 44.7 Å². The average Bonchev–Trinajstić information content (AvgIpc) is 2.84. The Bertz CT molecular complexity index is 607. The van der Waals surface area contributed by atoms with Crippen LogP contribution in [0, 0.1) is 0 Å². The summed E-state index contributed by atoms with van der Waals surface area (Å²) in [5, 5.41) is 4.15. The Kier molecular flexibility index (Phi) is 5.11. The predicted octanol–water partition coefficient (Wildman–Crippen LogP) is 2.13. The second-order valence-corrected chi connectivity index (χ2v) is 5.16. The van der Waals surface area contributed by atoms with Crippen molar-refractivity contribution in [2.75, 3.05) is 20.2 Å². The molecule has 0 saturated carbocycles. The molecule has 2 aromatic rings. The molecule has 0 amide bonds. The van der Waals surface area contributed by atoms with Crippen molar-refractivity contribution >= 4 is 5.78 Å². The van der Waals surface area contributed by atoms with Gasteiger partial charge in [-0.3, -0.25) is 14.4 Å². The van der Waals surface area contributed by atoms with Crippen LogP contribution in [-0.4, -0.2) is 40.7 Å². The van der Waals surface area contributed by atoms with Crippen LogP contribution >= 0.6 is 0 Å². The zero-order valence-electron chi connectivity index (χ0n) is 12.7. The van der Waals surface area contributed by atoms with Gasteiger partial charge in [-0.2, -0.15) is 5.10 Å². The van der Waals surface area contributed by atoms with E-state index in [2.05, 4.69) is 10.00 Å². The van der Waals surface area contributed by atoms with Crippen LogP contribution in [0.15, 0.2) is 36.7 Å². The van der Waals surface area contributed by atoms with Crippen molar-refractivity contribution in [3.63, 3.8) is 0 Å². The first-order valence-electron chi connectivity index (χ1n) is 6.95. The number of likely N-dealkylation sites (N-methyl/N-ethyl adjacent to an activating group) is 1. The van der Waals surface area contributed by atoms with Crippen molar-refractivity contribution in [3.8, 4) is 5.75 Å². The molecule has 0 aliphatic rings. The minimum Gasteiger partial charge on any atom is -0.491 e. The number of ketones is 1. The second-order valence-electron chi connectivity index (χ2n) is 5.16. The van der Waals surface area contributed by atoms with E-state index in [0.29, 0.717) is 17.9 Å². The topological polar surface area (TPSA) is 47.4 Å². The van der Waals surface area contributed by atoms with Crippen LogP contribution in [-0.2, 0) is 13.6 Å². The summed E-state index contributed by atoms with van der Waals surface area (Å²) in [6.07, 6.45) is 3.87. The number of ether oxygens (including phenoxy) is 1. The van der Waals surface area contributed by atoms with Gasteiger partial charge < -0.3 is 4.74 Å². The molecule has 0 unspecified atom stereocenters. The zero-order valence-corrected chi connectivity index (χ0v) is 12.7. The summed E-state index contributed by atoms with van der Waals surface area (Å²) in [5.74, 6) is 0.675. The summed E-state index contributed by atoms with van der Waals surface area (Å²) in [4.78, 5) is 13.7. The molecule has 0 fully saturated rings. The van der Waals surface area contributed by atoms with Gasteiger partial charge in [-0.15, -0.1) is 0 Å². The minimum absolute atomic E-state index is 0.0225. The Morgan fingerprint density at radius 2 is 2.14 bits per heavy atom. The fraction of sp³-hybridized carbons (Fsp3) is 0.375. The van der Waals surface area contributed by atoms with Gasteiger partial charge in [-0.05, 0) is 26.1 Å². The molecule has 1 aromatic carbocycles. The lowest BCUT2D eigenvalue weighted by Gasteiger charge is -2.16. The zero-order chi connectivity index (χ0) is 15.2. The van der Waals surface area contributed by atoms with Crippen LogP contribution in [0.5, 0.6) is 5.75 Å². The van der Waals surface area contributed by atoms with E-state index in [1.54, 1.807) is 17.7 Å². The highest BCUT2D eigenvalue weighted by molar-refractivity contribution is 5.96. The summed E-state index contributed by atoms with van der Waals surface area (Å²) < 4.78 is 7.52. The van der Waals surface area contributed by atoms with Gasteiger partial charge in [-0.25, -0.2) is 0 Å². The van der Waals surface area contributed by atoms with Crippen molar-refractivity contribution in [2.45, 2.75) is 13.5 Å². The normalized spacial score (nSPS) is 10.9. The summed E-state index contributed by atoms with van der Waals surface area (Å²) in [5.41, 5.74) is 1.80. The molecular formula is C16H21N3O2. The number of nitrogens with zero attached hydrogens (tertiary/aromatic N) is 3. The van der Waals surface area contributed by atoms with Crippen molar-refractivity contribution in [1.82, 2.24) is 14.7 Å². The van der Waals surface area contributed by atoms with Crippen molar-refractivity contribution in [1.29, 1.82) is 0 Å². The predicted molar refractivity (Wildman–Crippen MR) is 81.5 cm³/mol. The number of carbonyl (C=O) groups excluding carboxylic acids is 1. The van der Waals surface area contributed by atoms with E-state index < -0.39 is 0 Å². The molecule has 0 N–H and O–H groups in total. The van der Waals surface area contributed by atoms with Gasteiger partial charge in [0, 0.05) is 31.9 Å². The standard InChI is InChI=1S/C16H21N3O2/c1-13(20)15-6-4-5-7-16(15)21-9-8-18(2)11-14-10-17-19(3)12-14/h4-7,10,12H,8-9,11H2,1-3H3. The van der Waals surface area contributed by atoms with Gasteiger partial charge >= 0.3 is 0 Å². The Labute approximate surface area is 125 Å². The fourth-order valence-electron chi connectivity index (χ4n) is 2.14. The Balaban J connectivity index is 1.83. The minimum atomic E-state index is 0.0225. The first-order valence-corrected chi connectivity index (χ1v) is 6.95.